The lowest BCUT2D eigenvalue weighted by Gasteiger charge is -2.40. The SMILES string of the molecule is C=C/C(=C\C=C(\F)COCC(F)(F)F)C1=NC(C)(C)C(O)N(CC)C(=NC(C)C(C)C)N(CC)CN1CC(C=C)C=C/C(F)=C/F. The number of rotatable bonds is 15. The highest BCUT2D eigenvalue weighted by molar-refractivity contribution is 6.01. The van der Waals surface area contributed by atoms with Crippen molar-refractivity contribution in [2.45, 2.75) is 72.5 Å². The van der Waals surface area contributed by atoms with Gasteiger partial charge in [0.15, 0.2) is 18.0 Å². The number of hydrogen-bond donors (Lipinski definition) is 1. The van der Waals surface area contributed by atoms with Gasteiger partial charge in [-0.3, -0.25) is 4.99 Å². The molecule has 1 heterocycles. The first kappa shape index (κ1) is 40.7. The number of likely N-dealkylation sites (N-methyl/N-ethyl adjacent to an activating group) is 1. The van der Waals surface area contributed by atoms with Crippen LogP contribution in [0, 0.1) is 11.8 Å². The van der Waals surface area contributed by atoms with E-state index in [0.29, 0.717) is 19.0 Å². The highest BCUT2D eigenvalue weighted by Gasteiger charge is 2.39. The first-order valence-corrected chi connectivity index (χ1v) is 15.2. The third-order valence-electron chi connectivity index (χ3n) is 7.28. The molecule has 7 nitrogen and oxygen atoms in total. The van der Waals surface area contributed by atoms with Crippen molar-refractivity contribution in [2.24, 2.45) is 21.8 Å². The number of allylic oxidation sites excluding steroid dienone is 4. The summed E-state index contributed by atoms with van der Waals surface area (Å²) in [6.07, 6.45) is 1.68. The lowest BCUT2D eigenvalue weighted by Crippen LogP contribution is -2.56. The van der Waals surface area contributed by atoms with Gasteiger partial charge in [-0.1, -0.05) is 38.7 Å². The molecule has 0 saturated heterocycles. The Kier molecular flexibility index (Phi) is 16.6. The number of alkyl halides is 3. The largest absolute Gasteiger partial charge is 0.411 e. The minimum absolute atomic E-state index is 0.112. The summed E-state index contributed by atoms with van der Waals surface area (Å²) in [5.41, 5.74) is -0.916. The monoisotopic (exact) mass is 661 g/mol. The van der Waals surface area contributed by atoms with Crippen molar-refractivity contribution in [3.63, 3.8) is 0 Å². The molecule has 1 aliphatic rings. The second-order valence-corrected chi connectivity index (χ2v) is 11.7. The average Bonchev–Trinajstić information content (AvgIpc) is 3.01. The molecule has 0 spiro atoms. The Morgan fingerprint density at radius 3 is 2.28 bits per heavy atom. The Balaban J connectivity index is 3.95. The quantitative estimate of drug-likeness (QED) is 0.112. The van der Waals surface area contributed by atoms with E-state index in [1.165, 1.54) is 18.2 Å². The van der Waals surface area contributed by atoms with Gasteiger partial charge < -0.3 is 24.5 Å². The minimum atomic E-state index is -4.60. The van der Waals surface area contributed by atoms with E-state index in [1.807, 2.05) is 39.5 Å². The fraction of sp³-hybridized carbons (Fsp3) is 0.576. The number of hydrogen-bond acceptors (Lipinski definition) is 5. The van der Waals surface area contributed by atoms with Crippen molar-refractivity contribution in [3.05, 3.63) is 73.2 Å². The van der Waals surface area contributed by atoms with Crippen LogP contribution in [0.2, 0.25) is 0 Å². The summed E-state index contributed by atoms with van der Waals surface area (Å²) in [6, 6.07) is -0.112. The van der Waals surface area contributed by atoms with Gasteiger partial charge in [-0.25, -0.2) is 18.2 Å². The maximum atomic E-state index is 14.6. The predicted molar refractivity (Wildman–Crippen MR) is 173 cm³/mol. The molecule has 0 radical (unpaired) electrons. The zero-order valence-electron chi connectivity index (χ0n) is 27.9. The van der Waals surface area contributed by atoms with Crippen molar-refractivity contribution < 1.29 is 36.2 Å². The summed E-state index contributed by atoms with van der Waals surface area (Å²) in [7, 11) is 0. The summed E-state index contributed by atoms with van der Waals surface area (Å²) in [5, 5.41) is 11.8. The molecule has 1 aliphatic heterocycles. The van der Waals surface area contributed by atoms with Crippen LogP contribution in [0.1, 0.15) is 48.5 Å². The Bertz CT molecular complexity index is 1190. The van der Waals surface area contributed by atoms with Crippen LogP contribution in [-0.4, -0.2) is 95.1 Å². The molecule has 0 aromatic heterocycles. The number of halogens is 6. The second-order valence-electron chi connectivity index (χ2n) is 11.7. The Morgan fingerprint density at radius 2 is 1.78 bits per heavy atom. The smallest absolute Gasteiger partial charge is 0.371 e. The molecule has 1 rings (SSSR count). The van der Waals surface area contributed by atoms with Gasteiger partial charge in [0.25, 0.3) is 0 Å². The first-order valence-electron chi connectivity index (χ1n) is 15.2. The molecule has 3 unspecified atom stereocenters. The zero-order chi connectivity index (χ0) is 35.2. The van der Waals surface area contributed by atoms with Gasteiger partial charge in [-0.15, -0.1) is 6.58 Å². The Labute approximate surface area is 269 Å². The molecule has 0 aliphatic carbocycles. The van der Waals surface area contributed by atoms with E-state index >= 15 is 0 Å². The number of aliphatic imine (C=N–C) groups is 2. The van der Waals surface area contributed by atoms with Crippen molar-refractivity contribution in [2.75, 3.05) is 39.5 Å². The summed E-state index contributed by atoms with van der Waals surface area (Å²) in [4.78, 5) is 15.5. The van der Waals surface area contributed by atoms with E-state index in [2.05, 4.69) is 17.9 Å². The number of guanidine groups is 1. The molecule has 46 heavy (non-hydrogen) atoms. The van der Waals surface area contributed by atoms with E-state index in [0.717, 1.165) is 12.2 Å². The summed E-state index contributed by atoms with van der Waals surface area (Å²) >= 11 is 0. The van der Waals surface area contributed by atoms with Gasteiger partial charge in [0.2, 0.25) is 0 Å². The molecule has 1 N–H and O–H groups in total. The highest BCUT2D eigenvalue weighted by atomic mass is 19.4. The van der Waals surface area contributed by atoms with Crippen molar-refractivity contribution in [3.8, 4) is 0 Å². The van der Waals surface area contributed by atoms with Gasteiger partial charge in [0.05, 0.1) is 19.3 Å². The number of aliphatic hydroxyl groups excluding tert-OH is 1. The fourth-order valence-electron chi connectivity index (χ4n) is 4.29. The van der Waals surface area contributed by atoms with Gasteiger partial charge in [0, 0.05) is 31.1 Å². The van der Waals surface area contributed by atoms with Gasteiger partial charge >= 0.3 is 6.18 Å². The molecule has 0 bridgehead atoms. The third-order valence-corrected chi connectivity index (χ3v) is 7.28. The number of nitrogens with zero attached hydrogens (tertiary/aromatic N) is 5. The summed E-state index contributed by atoms with van der Waals surface area (Å²) in [6.45, 7) is 19.6. The first-order chi connectivity index (χ1) is 21.4. The van der Waals surface area contributed by atoms with Crippen LogP contribution in [0.15, 0.2) is 83.2 Å². The predicted octanol–water partition coefficient (Wildman–Crippen LogP) is 7.48. The van der Waals surface area contributed by atoms with Crippen LogP contribution >= 0.6 is 0 Å². The molecule has 0 amide bonds. The van der Waals surface area contributed by atoms with Crippen LogP contribution < -0.4 is 0 Å². The third kappa shape index (κ3) is 12.8. The van der Waals surface area contributed by atoms with Crippen molar-refractivity contribution in [1.82, 2.24) is 14.7 Å². The molecule has 13 heteroatoms. The van der Waals surface area contributed by atoms with E-state index in [9.17, 15) is 31.4 Å². The van der Waals surface area contributed by atoms with Crippen LogP contribution in [-0.2, 0) is 4.74 Å². The van der Waals surface area contributed by atoms with Crippen LogP contribution in [0.4, 0.5) is 26.3 Å². The summed E-state index contributed by atoms with van der Waals surface area (Å²) in [5.74, 6) is -1.61. The molecule has 0 aromatic rings. The Hall–Kier alpha value is -3.32. The number of amidine groups is 1. The molecule has 260 valence electrons. The maximum Gasteiger partial charge on any atom is 0.411 e. The summed E-state index contributed by atoms with van der Waals surface area (Å²) < 4.78 is 82.8. The lowest BCUT2D eigenvalue weighted by molar-refractivity contribution is -0.172. The fourth-order valence-corrected chi connectivity index (χ4v) is 4.29. The van der Waals surface area contributed by atoms with E-state index in [4.69, 9.17) is 9.98 Å². The molecular formula is C33H49F6N5O2. The molecule has 0 aromatic carbocycles. The van der Waals surface area contributed by atoms with E-state index in [1.54, 1.807) is 29.7 Å². The average molecular weight is 662 g/mol. The van der Waals surface area contributed by atoms with E-state index in [-0.39, 0.29) is 42.9 Å². The Morgan fingerprint density at radius 1 is 1.13 bits per heavy atom. The normalized spacial score (nSPS) is 21.3. The van der Waals surface area contributed by atoms with Crippen molar-refractivity contribution in [1.29, 1.82) is 0 Å². The van der Waals surface area contributed by atoms with Crippen LogP contribution in [0.25, 0.3) is 0 Å². The second kappa shape index (κ2) is 18.7. The van der Waals surface area contributed by atoms with Gasteiger partial charge in [-0.05, 0) is 58.8 Å². The number of ether oxygens (including phenoxy) is 1. The lowest BCUT2D eigenvalue weighted by atomic mass is 10.0. The highest BCUT2D eigenvalue weighted by Crippen LogP contribution is 2.27. The standard InChI is InChI=1S/C33H49F6N5O2/c1-10-25(14-16-27(35)18-34)19-43-22-42(12-3)31(40-24(7)23(5)6)44(13-4)30(45)32(8,9)41-29(43)26(11-2)15-17-28(36)20-46-21-33(37,38)39/h10-11,14-18,23-25,30,45H,1-2,12-13,19-22H2,3-9H3/b16-14?,26-15+,27-18-,28-17+,40-31?,41-29?. The van der Waals surface area contributed by atoms with Gasteiger partial charge in [0.1, 0.15) is 30.1 Å². The van der Waals surface area contributed by atoms with Gasteiger partial charge in [-0.2, -0.15) is 13.2 Å². The molecule has 3 atom stereocenters. The topological polar surface area (TPSA) is 63.9 Å². The zero-order valence-corrected chi connectivity index (χ0v) is 27.9. The molecule has 0 saturated carbocycles. The number of aliphatic hydroxyl groups is 1. The van der Waals surface area contributed by atoms with Crippen LogP contribution in [0.3, 0.4) is 0 Å². The molecular weight excluding hydrogens is 612 g/mol. The van der Waals surface area contributed by atoms with E-state index < -0.39 is 48.7 Å². The minimum Gasteiger partial charge on any atom is -0.371 e. The maximum absolute atomic E-state index is 14.6. The molecule has 0 fully saturated rings. The van der Waals surface area contributed by atoms with Crippen molar-refractivity contribution >= 4 is 11.8 Å². The van der Waals surface area contributed by atoms with Crippen LogP contribution in [0.5, 0.6) is 0 Å².